The highest BCUT2D eigenvalue weighted by molar-refractivity contribution is 5.95. The fourth-order valence-electron chi connectivity index (χ4n) is 2.36. The van der Waals surface area contributed by atoms with Crippen molar-refractivity contribution in [3.05, 3.63) is 66.1 Å². The molecule has 0 radical (unpaired) electrons. The van der Waals surface area contributed by atoms with Crippen molar-refractivity contribution in [3.63, 3.8) is 0 Å². The maximum atomic E-state index is 13.6. The minimum absolute atomic E-state index is 0.00470. The van der Waals surface area contributed by atoms with E-state index in [1.165, 1.54) is 31.4 Å². The lowest BCUT2D eigenvalue weighted by atomic mass is 10.1. The van der Waals surface area contributed by atoms with Gasteiger partial charge in [0.1, 0.15) is 11.6 Å². The number of aromatic nitrogens is 1. The van der Waals surface area contributed by atoms with E-state index in [0.717, 1.165) is 0 Å². The molecule has 3 aromatic rings. The normalized spacial score (nSPS) is 10.4. The molecule has 26 heavy (non-hydrogen) atoms. The number of para-hydroxylation sites is 1. The van der Waals surface area contributed by atoms with Gasteiger partial charge in [0.15, 0.2) is 12.3 Å². The second-order valence-electron chi connectivity index (χ2n) is 5.36. The zero-order valence-electron chi connectivity index (χ0n) is 13.9. The zero-order chi connectivity index (χ0) is 18.5. The van der Waals surface area contributed by atoms with Gasteiger partial charge < -0.3 is 14.8 Å². The number of rotatable bonds is 5. The quantitative estimate of drug-likeness (QED) is 0.712. The van der Waals surface area contributed by atoms with Crippen molar-refractivity contribution in [2.45, 2.75) is 0 Å². The standard InChI is InChI=1S/C19H15FN2O4/c1-25-19(24)16-10-17(14-9-12(20)7-8-15(14)22-16)26-11-18(23)21-13-5-3-2-4-6-13/h2-10H,11H2,1H3,(H,21,23). The van der Waals surface area contributed by atoms with Crippen LogP contribution in [0.15, 0.2) is 54.6 Å². The Morgan fingerprint density at radius 2 is 1.88 bits per heavy atom. The summed E-state index contributed by atoms with van der Waals surface area (Å²) in [7, 11) is 1.23. The summed E-state index contributed by atoms with van der Waals surface area (Å²) in [5, 5.41) is 3.03. The van der Waals surface area contributed by atoms with Crippen molar-refractivity contribution in [1.82, 2.24) is 4.98 Å². The molecule has 0 aliphatic rings. The number of amides is 1. The van der Waals surface area contributed by atoms with Crippen LogP contribution < -0.4 is 10.1 Å². The molecule has 0 aliphatic carbocycles. The SMILES string of the molecule is COC(=O)c1cc(OCC(=O)Nc2ccccc2)c2cc(F)ccc2n1. The number of pyridine rings is 1. The summed E-state index contributed by atoms with van der Waals surface area (Å²) in [6, 6.07) is 14.1. The van der Waals surface area contributed by atoms with E-state index >= 15 is 0 Å². The largest absolute Gasteiger partial charge is 0.483 e. The first-order valence-electron chi connectivity index (χ1n) is 7.73. The van der Waals surface area contributed by atoms with Gasteiger partial charge in [-0.2, -0.15) is 0 Å². The molecule has 132 valence electrons. The molecule has 0 atom stereocenters. The van der Waals surface area contributed by atoms with Crippen molar-refractivity contribution >= 4 is 28.5 Å². The second kappa shape index (κ2) is 7.60. The van der Waals surface area contributed by atoms with Crippen LogP contribution in [-0.2, 0) is 9.53 Å². The van der Waals surface area contributed by atoms with Gasteiger partial charge in [0, 0.05) is 17.1 Å². The lowest BCUT2D eigenvalue weighted by Gasteiger charge is -2.11. The van der Waals surface area contributed by atoms with Crippen LogP contribution in [0.2, 0.25) is 0 Å². The van der Waals surface area contributed by atoms with Gasteiger partial charge >= 0.3 is 5.97 Å². The predicted octanol–water partition coefficient (Wildman–Crippen LogP) is 3.18. The third kappa shape index (κ3) is 3.94. The van der Waals surface area contributed by atoms with Crippen LogP contribution >= 0.6 is 0 Å². The highest BCUT2D eigenvalue weighted by Crippen LogP contribution is 2.26. The number of fused-ring (bicyclic) bond motifs is 1. The Morgan fingerprint density at radius 3 is 2.62 bits per heavy atom. The Bertz CT molecular complexity index is 960. The molecule has 0 aliphatic heterocycles. The van der Waals surface area contributed by atoms with Gasteiger partial charge in [0.25, 0.3) is 5.91 Å². The molecule has 0 saturated heterocycles. The molecule has 3 rings (SSSR count). The Kier molecular flexibility index (Phi) is 5.07. The van der Waals surface area contributed by atoms with Crippen LogP contribution in [0, 0.1) is 5.82 Å². The van der Waals surface area contributed by atoms with Gasteiger partial charge in [-0.1, -0.05) is 18.2 Å². The molecule has 2 aromatic carbocycles. The second-order valence-corrected chi connectivity index (χ2v) is 5.36. The van der Waals surface area contributed by atoms with E-state index in [0.29, 0.717) is 16.6 Å². The monoisotopic (exact) mass is 354 g/mol. The van der Waals surface area contributed by atoms with E-state index in [4.69, 9.17) is 4.74 Å². The van der Waals surface area contributed by atoms with E-state index in [9.17, 15) is 14.0 Å². The molecule has 7 heteroatoms. The Balaban J connectivity index is 1.84. The number of nitrogens with zero attached hydrogens (tertiary/aromatic N) is 1. The summed E-state index contributed by atoms with van der Waals surface area (Å²) < 4.78 is 23.7. The van der Waals surface area contributed by atoms with E-state index in [-0.39, 0.29) is 18.1 Å². The average Bonchev–Trinajstić information content (AvgIpc) is 2.66. The minimum Gasteiger partial charge on any atom is -0.483 e. The first-order chi connectivity index (χ1) is 12.6. The molecule has 6 nitrogen and oxygen atoms in total. The molecule has 0 unspecified atom stereocenters. The van der Waals surface area contributed by atoms with E-state index in [1.807, 2.05) is 6.07 Å². The third-order valence-electron chi connectivity index (χ3n) is 3.54. The van der Waals surface area contributed by atoms with E-state index < -0.39 is 17.7 Å². The summed E-state index contributed by atoms with van der Waals surface area (Å²) in [5.41, 5.74) is 0.986. The van der Waals surface area contributed by atoms with Crippen LogP contribution in [0.3, 0.4) is 0 Å². The first-order valence-corrected chi connectivity index (χ1v) is 7.73. The van der Waals surface area contributed by atoms with E-state index in [2.05, 4.69) is 15.0 Å². The fraction of sp³-hybridized carbons (Fsp3) is 0.105. The highest BCUT2D eigenvalue weighted by atomic mass is 19.1. The number of ether oxygens (including phenoxy) is 2. The van der Waals surface area contributed by atoms with Crippen LogP contribution in [0.4, 0.5) is 10.1 Å². The lowest BCUT2D eigenvalue weighted by molar-refractivity contribution is -0.118. The minimum atomic E-state index is -0.658. The highest BCUT2D eigenvalue weighted by Gasteiger charge is 2.15. The molecular formula is C19H15FN2O4. The molecule has 1 amide bonds. The summed E-state index contributed by atoms with van der Waals surface area (Å²) in [6.45, 7) is -0.314. The average molecular weight is 354 g/mol. The molecule has 0 spiro atoms. The summed E-state index contributed by atoms with van der Waals surface area (Å²) >= 11 is 0. The summed E-state index contributed by atoms with van der Waals surface area (Å²) in [4.78, 5) is 27.9. The molecule has 1 heterocycles. The number of nitrogens with one attached hydrogen (secondary N) is 1. The van der Waals surface area contributed by atoms with Crippen molar-refractivity contribution in [2.75, 3.05) is 19.0 Å². The van der Waals surface area contributed by atoms with Crippen LogP contribution in [0.1, 0.15) is 10.5 Å². The molecule has 0 bridgehead atoms. The predicted molar refractivity (Wildman–Crippen MR) is 93.6 cm³/mol. The number of benzene rings is 2. The number of halogens is 1. The fourth-order valence-corrected chi connectivity index (χ4v) is 2.36. The number of carbonyl (C=O) groups is 2. The number of anilines is 1. The molecule has 1 aromatic heterocycles. The Morgan fingerprint density at radius 1 is 1.12 bits per heavy atom. The van der Waals surface area contributed by atoms with Gasteiger partial charge in [-0.3, -0.25) is 4.79 Å². The number of methoxy groups -OCH3 is 1. The van der Waals surface area contributed by atoms with Gasteiger partial charge in [0.2, 0.25) is 0 Å². The maximum absolute atomic E-state index is 13.6. The van der Waals surface area contributed by atoms with Crippen molar-refractivity contribution in [3.8, 4) is 5.75 Å². The van der Waals surface area contributed by atoms with Crippen molar-refractivity contribution in [2.24, 2.45) is 0 Å². The van der Waals surface area contributed by atoms with Crippen LogP contribution in [0.25, 0.3) is 10.9 Å². The van der Waals surface area contributed by atoms with Gasteiger partial charge in [-0.25, -0.2) is 14.2 Å². The van der Waals surface area contributed by atoms with Gasteiger partial charge in [0.05, 0.1) is 12.6 Å². The topological polar surface area (TPSA) is 77.5 Å². The molecule has 0 saturated carbocycles. The van der Waals surface area contributed by atoms with E-state index in [1.54, 1.807) is 24.3 Å². The zero-order valence-corrected chi connectivity index (χ0v) is 13.9. The smallest absolute Gasteiger partial charge is 0.356 e. The molecule has 1 N–H and O–H groups in total. The number of hydrogen-bond acceptors (Lipinski definition) is 5. The molecule has 0 fully saturated rings. The number of hydrogen-bond donors (Lipinski definition) is 1. The van der Waals surface area contributed by atoms with Gasteiger partial charge in [-0.05, 0) is 30.3 Å². The Hall–Kier alpha value is -3.48. The number of carbonyl (C=O) groups excluding carboxylic acids is 2. The summed E-state index contributed by atoms with van der Waals surface area (Å²) in [6.07, 6.45) is 0. The maximum Gasteiger partial charge on any atom is 0.356 e. The third-order valence-corrected chi connectivity index (χ3v) is 3.54. The lowest BCUT2D eigenvalue weighted by Crippen LogP contribution is -2.20. The van der Waals surface area contributed by atoms with Crippen molar-refractivity contribution < 1.29 is 23.5 Å². The van der Waals surface area contributed by atoms with Crippen LogP contribution in [0.5, 0.6) is 5.75 Å². The molecular weight excluding hydrogens is 339 g/mol. The van der Waals surface area contributed by atoms with Crippen molar-refractivity contribution in [1.29, 1.82) is 0 Å². The first kappa shape index (κ1) is 17.3. The van der Waals surface area contributed by atoms with Gasteiger partial charge in [-0.15, -0.1) is 0 Å². The van der Waals surface area contributed by atoms with Crippen LogP contribution in [-0.4, -0.2) is 30.6 Å². The summed E-state index contributed by atoms with van der Waals surface area (Å²) in [5.74, 6) is -1.37. The number of esters is 1. The Labute approximate surface area is 148 Å².